The van der Waals surface area contributed by atoms with Crippen molar-refractivity contribution >= 4 is 12.6 Å². The molecule has 0 saturated carbocycles. The maximum Gasteiger partial charge on any atom is 0.123 e. The van der Waals surface area contributed by atoms with E-state index in [2.05, 4.69) is 52.0 Å². The average Bonchev–Trinajstić information content (AvgIpc) is 2.77. The summed E-state index contributed by atoms with van der Waals surface area (Å²) in [5, 5.41) is 10.3. The number of thiol groups is 1. The molecule has 0 aliphatic rings. The van der Waals surface area contributed by atoms with Gasteiger partial charge in [0.05, 0.1) is 6.61 Å². The van der Waals surface area contributed by atoms with E-state index in [9.17, 15) is 9.50 Å². The Morgan fingerprint density at radius 3 is 2.06 bits per heavy atom. The summed E-state index contributed by atoms with van der Waals surface area (Å²) in [6.07, 6.45) is 1.74. The van der Waals surface area contributed by atoms with Crippen molar-refractivity contribution in [1.29, 1.82) is 0 Å². The number of aryl methyl sites for hydroxylation is 1. The molecule has 1 heterocycles. The number of aliphatic hydroxyl groups excluding tert-OH is 1. The van der Waals surface area contributed by atoms with Crippen molar-refractivity contribution in [2.24, 2.45) is 0 Å². The van der Waals surface area contributed by atoms with Gasteiger partial charge in [0.1, 0.15) is 5.82 Å². The van der Waals surface area contributed by atoms with Gasteiger partial charge in [-0.05, 0) is 59.1 Å². The summed E-state index contributed by atoms with van der Waals surface area (Å²) in [6.45, 7) is 8.35. The molecule has 0 saturated heterocycles. The predicted octanol–water partition coefficient (Wildman–Crippen LogP) is 7.23. The van der Waals surface area contributed by atoms with Crippen LogP contribution in [0.15, 0.2) is 54.6 Å². The molecule has 1 unspecified atom stereocenters. The molecule has 4 heteroatoms. The number of halogens is 1. The average molecular weight is 438 g/mol. The highest BCUT2D eigenvalue weighted by atomic mass is 32.1. The van der Waals surface area contributed by atoms with Crippen LogP contribution in [0.2, 0.25) is 0 Å². The molecule has 3 aromatic rings. The Labute approximate surface area is 191 Å². The van der Waals surface area contributed by atoms with Gasteiger partial charge in [0.25, 0.3) is 0 Å². The first-order chi connectivity index (χ1) is 14.8. The van der Waals surface area contributed by atoms with E-state index in [1.54, 1.807) is 12.1 Å². The molecular weight excluding hydrogens is 405 g/mol. The van der Waals surface area contributed by atoms with Crippen molar-refractivity contribution in [2.75, 3.05) is 0 Å². The van der Waals surface area contributed by atoms with Crippen LogP contribution < -0.4 is 0 Å². The van der Waals surface area contributed by atoms with Crippen molar-refractivity contribution < 1.29 is 9.50 Å². The van der Waals surface area contributed by atoms with Crippen LogP contribution in [0.4, 0.5) is 4.39 Å². The van der Waals surface area contributed by atoms with E-state index < -0.39 is 0 Å². The molecule has 3 rings (SSSR count). The molecule has 164 valence electrons. The Hall–Kier alpha value is -2.17. The van der Waals surface area contributed by atoms with E-state index in [-0.39, 0.29) is 29.5 Å². The standard InChI is InChI=1S/C27H32FNOS/c1-17(2)26-22(16-30)24(20-11-13-21(28)14-12-20)25(27(29-26)18(3)4)23(31)15-10-19-8-6-5-7-9-19/h5-9,11-14,17-18,23,30-31H,10,15-16H2,1-4H3. The number of aromatic nitrogens is 1. The topological polar surface area (TPSA) is 33.1 Å². The fourth-order valence-corrected chi connectivity index (χ4v) is 4.52. The number of benzene rings is 2. The number of pyridine rings is 1. The van der Waals surface area contributed by atoms with Crippen LogP contribution in [0.3, 0.4) is 0 Å². The van der Waals surface area contributed by atoms with E-state index in [1.807, 2.05) is 6.07 Å². The van der Waals surface area contributed by atoms with Gasteiger partial charge in [-0.15, -0.1) is 0 Å². The summed E-state index contributed by atoms with van der Waals surface area (Å²) >= 11 is 5.03. The van der Waals surface area contributed by atoms with Gasteiger partial charge < -0.3 is 5.11 Å². The Balaban J connectivity index is 2.19. The lowest BCUT2D eigenvalue weighted by atomic mass is 9.85. The van der Waals surface area contributed by atoms with Crippen LogP contribution in [0.1, 0.15) is 79.3 Å². The van der Waals surface area contributed by atoms with Gasteiger partial charge >= 0.3 is 0 Å². The summed E-state index contributed by atoms with van der Waals surface area (Å²) < 4.78 is 13.7. The highest BCUT2D eigenvalue weighted by Crippen LogP contribution is 2.42. The molecule has 1 atom stereocenters. The maximum absolute atomic E-state index is 13.7. The van der Waals surface area contributed by atoms with E-state index >= 15 is 0 Å². The minimum Gasteiger partial charge on any atom is -0.392 e. The third kappa shape index (κ3) is 5.36. The molecule has 2 aromatic carbocycles. The van der Waals surface area contributed by atoms with Gasteiger partial charge in [-0.25, -0.2) is 4.39 Å². The van der Waals surface area contributed by atoms with Crippen molar-refractivity contribution in [3.05, 3.63) is 88.5 Å². The monoisotopic (exact) mass is 437 g/mol. The summed E-state index contributed by atoms with van der Waals surface area (Å²) in [4.78, 5) is 5.04. The van der Waals surface area contributed by atoms with Crippen LogP contribution >= 0.6 is 12.6 Å². The quantitative estimate of drug-likeness (QED) is 0.364. The third-order valence-corrected chi connectivity index (χ3v) is 6.18. The second kappa shape index (κ2) is 10.4. The van der Waals surface area contributed by atoms with Crippen molar-refractivity contribution in [3.63, 3.8) is 0 Å². The Morgan fingerprint density at radius 1 is 0.903 bits per heavy atom. The lowest BCUT2D eigenvalue weighted by Crippen LogP contribution is -2.14. The number of aliphatic hydroxyl groups is 1. The normalized spacial score (nSPS) is 12.5. The molecule has 2 nitrogen and oxygen atoms in total. The molecule has 0 aliphatic heterocycles. The van der Waals surface area contributed by atoms with E-state index in [0.29, 0.717) is 0 Å². The number of hydrogen-bond donors (Lipinski definition) is 2. The predicted molar refractivity (Wildman–Crippen MR) is 130 cm³/mol. The fourth-order valence-electron chi connectivity index (χ4n) is 4.13. The molecule has 0 fully saturated rings. The summed E-state index contributed by atoms with van der Waals surface area (Å²) in [6, 6.07) is 16.9. The van der Waals surface area contributed by atoms with Crippen LogP contribution in [0.25, 0.3) is 11.1 Å². The van der Waals surface area contributed by atoms with Gasteiger partial charge in [0.15, 0.2) is 0 Å². The molecular formula is C27H32FNOS. The summed E-state index contributed by atoms with van der Waals surface area (Å²) in [5.74, 6) is 0.0889. The maximum atomic E-state index is 13.7. The minimum atomic E-state index is -0.274. The zero-order chi connectivity index (χ0) is 22.5. The molecule has 1 N–H and O–H groups in total. The van der Waals surface area contributed by atoms with Crippen LogP contribution in [0, 0.1) is 5.82 Å². The molecule has 0 bridgehead atoms. The molecule has 0 amide bonds. The van der Waals surface area contributed by atoms with Gasteiger partial charge in [-0.2, -0.15) is 12.6 Å². The zero-order valence-corrected chi connectivity index (χ0v) is 19.7. The molecule has 0 aliphatic carbocycles. The largest absolute Gasteiger partial charge is 0.392 e. The number of hydrogen-bond acceptors (Lipinski definition) is 3. The lowest BCUT2D eigenvalue weighted by Gasteiger charge is -2.27. The Kier molecular flexibility index (Phi) is 7.90. The highest BCUT2D eigenvalue weighted by molar-refractivity contribution is 7.80. The number of nitrogens with zero attached hydrogens (tertiary/aromatic N) is 1. The summed E-state index contributed by atoms with van der Waals surface area (Å²) in [5.41, 5.74) is 6.90. The van der Waals surface area contributed by atoms with Crippen molar-refractivity contribution in [3.8, 4) is 11.1 Å². The van der Waals surface area contributed by atoms with Crippen molar-refractivity contribution in [2.45, 2.75) is 64.2 Å². The smallest absolute Gasteiger partial charge is 0.123 e. The van der Waals surface area contributed by atoms with Crippen LogP contribution in [-0.4, -0.2) is 10.1 Å². The van der Waals surface area contributed by atoms with Crippen molar-refractivity contribution in [1.82, 2.24) is 4.98 Å². The first-order valence-electron chi connectivity index (χ1n) is 11.0. The third-order valence-electron chi connectivity index (χ3n) is 5.66. The van der Waals surface area contributed by atoms with Crippen LogP contribution in [0.5, 0.6) is 0 Å². The summed E-state index contributed by atoms with van der Waals surface area (Å²) in [7, 11) is 0. The SMILES string of the molecule is CC(C)c1nc(C(C)C)c(C(S)CCc2ccccc2)c(-c2ccc(F)cc2)c1CO. The van der Waals surface area contributed by atoms with Gasteiger partial charge in [-0.1, -0.05) is 70.2 Å². The second-order valence-corrected chi connectivity index (χ2v) is 9.29. The minimum absolute atomic E-state index is 0.0586. The van der Waals surface area contributed by atoms with Gasteiger partial charge in [0, 0.05) is 22.2 Å². The highest BCUT2D eigenvalue weighted by Gasteiger charge is 2.26. The molecule has 0 radical (unpaired) electrons. The Morgan fingerprint density at radius 2 is 1.52 bits per heavy atom. The second-order valence-electron chi connectivity index (χ2n) is 8.66. The molecule has 0 spiro atoms. The van der Waals surface area contributed by atoms with E-state index in [0.717, 1.165) is 46.5 Å². The first-order valence-corrected chi connectivity index (χ1v) is 11.5. The lowest BCUT2D eigenvalue weighted by molar-refractivity contribution is 0.279. The first kappa shape index (κ1) is 23.5. The number of rotatable bonds is 8. The van der Waals surface area contributed by atoms with E-state index in [4.69, 9.17) is 17.6 Å². The van der Waals surface area contributed by atoms with E-state index in [1.165, 1.54) is 17.7 Å². The van der Waals surface area contributed by atoms with Gasteiger partial charge in [-0.3, -0.25) is 4.98 Å². The van der Waals surface area contributed by atoms with Gasteiger partial charge in [0.2, 0.25) is 0 Å². The molecule has 31 heavy (non-hydrogen) atoms. The molecule has 1 aromatic heterocycles. The zero-order valence-electron chi connectivity index (χ0n) is 18.8. The van der Waals surface area contributed by atoms with Crippen LogP contribution in [-0.2, 0) is 13.0 Å². The Bertz CT molecular complexity index is 1000. The fraction of sp³-hybridized carbons (Fsp3) is 0.370.